The number of anilines is 1. The zero-order chi connectivity index (χ0) is 28.8. The first kappa shape index (κ1) is 28.6. The smallest absolute Gasteiger partial charge is 0.336 e. The van der Waals surface area contributed by atoms with Gasteiger partial charge >= 0.3 is 5.97 Å². The average Bonchev–Trinajstić information content (AvgIpc) is 3.01. The number of carbonyl (C=O) groups is 2. The van der Waals surface area contributed by atoms with E-state index in [1.807, 2.05) is 78.9 Å². The van der Waals surface area contributed by atoms with Crippen molar-refractivity contribution in [3.63, 3.8) is 0 Å². The van der Waals surface area contributed by atoms with E-state index in [0.717, 1.165) is 16.7 Å². The minimum atomic E-state index is -0.965. The van der Waals surface area contributed by atoms with E-state index in [0.29, 0.717) is 21.9 Å². The van der Waals surface area contributed by atoms with Gasteiger partial charge in [0.1, 0.15) is 0 Å². The Kier molecular flexibility index (Phi) is 9.16. The Hall–Kier alpha value is -3.95. The van der Waals surface area contributed by atoms with Gasteiger partial charge in [-0.3, -0.25) is 4.79 Å². The van der Waals surface area contributed by atoms with Crippen LogP contribution in [0.5, 0.6) is 0 Å². The minimum Gasteiger partial charge on any atom is -0.478 e. The number of carboxylic acid groups (broad SMARTS) is 1. The number of amides is 1. The Bertz CT molecular complexity index is 1480. The van der Waals surface area contributed by atoms with Crippen molar-refractivity contribution in [2.24, 2.45) is 5.92 Å². The highest BCUT2D eigenvalue weighted by Crippen LogP contribution is 2.43. The Morgan fingerprint density at radius 3 is 2.17 bits per heavy atom. The molecule has 0 spiro atoms. The summed E-state index contributed by atoms with van der Waals surface area (Å²) in [6, 6.07) is 31.0. The van der Waals surface area contributed by atoms with Gasteiger partial charge in [0.05, 0.1) is 24.4 Å². The van der Waals surface area contributed by atoms with Crippen molar-refractivity contribution in [1.82, 2.24) is 0 Å². The predicted octanol–water partition coefficient (Wildman–Crippen LogP) is 6.71. The van der Waals surface area contributed by atoms with Gasteiger partial charge in [0.2, 0.25) is 0 Å². The summed E-state index contributed by atoms with van der Waals surface area (Å²) >= 11 is 1.45. The molecule has 0 aliphatic carbocycles. The first-order valence-corrected chi connectivity index (χ1v) is 14.3. The molecule has 0 saturated carbocycles. The van der Waals surface area contributed by atoms with Crippen LogP contribution in [0.25, 0.3) is 0 Å². The van der Waals surface area contributed by atoms with E-state index in [-0.39, 0.29) is 36.2 Å². The molecule has 1 aliphatic heterocycles. The number of benzene rings is 4. The molecule has 1 aliphatic rings. The van der Waals surface area contributed by atoms with Crippen LogP contribution in [-0.2, 0) is 16.1 Å². The molecule has 7 nitrogen and oxygen atoms in total. The van der Waals surface area contributed by atoms with Crippen LogP contribution in [0.15, 0.2) is 108 Å². The maximum absolute atomic E-state index is 12.6. The van der Waals surface area contributed by atoms with Crippen molar-refractivity contribution in [3.05, 3.63) is 131 Å². The van der Waals surface area contributed by atoms with Gasteiger partial charge in [-0.25, -0.2) is 4.79 Å². The molecule has 4 aromatic rings. The standard InChI is InChI=1S/C33H31NO6S/c1-21-28(20-41-29-10-6-5-9-27(29)32(37)38)39-33(40-30(21)23-13-11-22(19-35)12-14-23)25-15-17-26(18-16-25)34-31(36)24-7-3-2-4-8-24/h2-18,21,28,30,33,35H,19-20H2,1H3,(H,34,36)(H,37,38)/t21-,28+,30+,33+/m1/s1. The molecule has 0 unspecified atom stereocenters. The number of ether oxygens (including phenoxy) is 2. The highest BCUT2D eigenvalue weighted by atomic mass is 32.2. The zero-order valence-corrected chi connectivity index (χ0v) is 23.3. The number of aliphatic hydroxyl groups excluding tert-OH is 1. The van der Waals surface area contributed by atoms with Gasteiger partial charge in [-0.05, 0) is 47.5 Å². The number of rotatable bonds is 9. The number of aliphatic hydroxyl groups is 1. The van der Waals surface area contributed by atoms with Crippen molar-refractivity contribution in [2.75, 3.05) is 11.1 Å². The number of hydrogen-bond acceptors (Lipinski definition) is 6. The summed E-state index contributed by atoms with van der Waals surface area (Å²) in [5.41, 5.74) is 4.07. The molecule has 210 valence electrons. The largest absolute Gasteiger partial charge is 0.478 e. The normalized spacial score (nSPS) is 20.3. The van der Waals surface area contributed by atoms with Crippen molar-refractivity contribution in [3.8, 4) is 0 Å². The topological polar surface area (TPSA) is 105 Å². The molecule has 0 aromatic heterocycles. The molecule has 1 amide bonds. The Labute approximate surface area is 243 Å². The first-order chi connectivity index (χ1) is 19.9. The van der Waals surface area contributed by atoms with Gasteiger partial charge in [-0.1, -0.05) is 73.7 Å². The minimum absolute atomic E-state index is 0.0392. The molecule has 5 rings (SSSR count). The maximum atomic E-state index is 12.6. The van der Waals surface area contributed by atoms with E-state index in [1.54, 1.807) is 24.3 Å². The fraction of sp³-hybridized carbons (Fsp3) is 0.212. The summed E-state index contributed by atoms with van der Waals surface area (Å²) in [7, 11) is 0. The third-order valence-electron chi connectivity index (χ3n) is 7.12. The predicted molar refractivity (Wildman–Crippen MR) is 158 cm³/mol. The number of carboxylic acids is 1. The summed E-state index contributed by atoms with van der Waals surface area (Å²) in [6.07, 6.45) is -1.22. The second-order valence-corrected chi connectivity index (χ2v) is 10.9. The van der Waals surface area contributed by atoms with E-state index in [1.165, 1.54) is 11.8 Å². The summed E-state index contributed by atoms with van der Waals surface area (Å²) < 4.78 is 13.0. The number of nitrogens with one attached hydrogen (secondary N) is 1. The van der Waals surface area contributed by atoms with E-state index >= 15 is 0 Å². The lowest BCUT2D eigenvalue weighted by molar-refractivity contribution is -0.268. The Balaban J connectivity index is 1.36. The Morgan fingerprint density at radius 1 is 0.829 bits per heavy atom. The number of thioether (sulfide) groups is 1. The van der Waals surface area contributed by atoms with Crippen LogP contribution >= 0.6 is 11.8 Å². The number of hydrogen-bond donors (Lipinski definition) is 3. The third-order valence-corrected chi connectivity index (χ3v) is 8.28. The highest BCUT2D eigenvalue weighted by Gasteiger charge is 2.38. The van der Waals surface area contributed by atoms with Crippen LogP contribution in [0, 0.1) is 5.92 Å². The second kappa shape index (κ2) is 13.1. The van der Waals surface area contributed by atoms with Gasteiger partial charge in [-0.15, -0.1) is 11.8 Å². The van der Waals surface area contributed by atoms with E-state index in [4.69, 9.17) is 9.47 Å². The van der Waals surface area contributed by atoms with E-state index < -0.39 is 12.3 Å². The molecule has 41 heavy (non-hydrogen) atoms. The van der Waals surface area contributed by atoms with Gasteiger partial charge in [-0.2, -0.15) is 0 Å². The van der Waals surface area contributed by atoms with Gasteiger partial charge < -0.3 is 25.0 Å². The second-order valence-electron chi connectivity index (χ2n) is 9.88. The van der Waals surface area contributed by atoms with Crippen molar-refractivity contribution >= 4 is 29.3 Å². The molecule has 4 atom stereocenters. The van der Waals surface area contributed by atoms with Gasteiger partial charge in [0.25, 0.3) is 5.91 Å². The summed E-state index contributed by atoms with van der Waals surface area (Å²) in [5, 5.41) is 22.0. The molecule has 1 saturated heterocycles. The van der Waals surface area contributed by atoms with Crippen LogP contribution in [0.1, 0.15) is 56.7 Å². The van der Waals surface area contributed by atoms with E-state index in [2.05, 4.69) is 12.2 Å². The Morgan fingerprint density at radius 2 is 1.49 bits per heavy atom. The van der Waals surface area contributed by atoms with Gasteiger partial charge in [0.15, 0.2) is 6.29 Å². The molecular formula is C33H31NO6S. The molecule has 4 aromatic carbocycles. The fourth-order valence-electron chi connectivity index (χ4n) is 4.77. The van der Waals surface area contributed by atoms with Crippen molar-refractivity contribution < 1.29 is 29.3 Å². The molecule has 1 heterocycles. The molecule has 0 radical (unpaired) electrons. The van der Waals surface area contributed by atoms with Crippen molar-refractivity contribution in [2.45, 2.75) is 36.9 Å². The van der Waals surface area contributed by atoms with Crippen LogP contribution in [-0.4, -0.2) is 33.9 Å². The summed E-state index contributed by atoms with van der Waals surface area (Å²) in [6.45, 7) is 2.03. The summed E-state index contributed by atoms with van der Waals surface area (Å²) in [5.74, 6) is -0.669. The summed E-state index contributed by atoms with van der Waals surface area (Å²) in [4.78, 5) is 25.0. The third kappa shape index (κ3) is 6.86. The van der Waals surface area contributed by atoms with Crippen LogP contribution in [0.2, 0.25) is 0 Å². The SMILES string of the molecule is C[C@@H]1[C@H](CSc2ccccc2C(=O)O)O[C@H](c2ccc(NC(=O)c3ccccc3)cc2)O[C@@H]1c1ccc(CO)cc1. The van der Waals surface area contributed by atoms with Gasteiger partial charge in [0, 0.05) is 33.4 Å². The quantitative estimate of drug-likeness (QED) is 0.192. The lowest BCUT2D eigenvalue weighted by atomic mass is 9.91. The lowest BCUT2D eigenvalue weighted by Gasteiger charge is -2.41. The fourth-order valence-corrected chi connectivity index (χ4v) is 5.98. The molecule has 1 fully saturated rings. The van der Waals surface area contributed by atoms with Crippen LogP contribution < -0.4 is 5.32 Å². The molecular weight excluding hydrogens is 538 g/mol. The van der Waals surface area contributed by atoms with Crippen LogP contribution in [0.3, 0.4) is 0 Å². The number of carbonyl (C=O) groups excluding carboxylic acids is 1. The van der Waals surface area contributed by atoms with Crippen LogP contribution in [0.4, 0.5) is 5.69 Å². The highest BCUT2D eigenvalue weighted by molar-refractivity contribution is 7.99. The molecule has 0 bridgehead atoms. The molecule has 3 N–H and O–H groups in total. The zero-order valence-electron chi connectivity index (χ0n) is 22.5. The lowest BCUT2D eigenvalue weighted by Crippen LogP contribution is -2.38. The first-order valence-electron chi connectivity index (χ1n) is 13.3. The average molecular weight is 570 g/mol. The van der Waals surface area contributed by atoms with Crippen molar-refractivity contribution in [1.29, 1.82) is 0 Å². The maximum Gasteiger partial charge on any atom is 0.336 e. The number of aromatic carboxylic acids is 1. The molecule has 8 heteroatoms. The van der Waals surface area contributed by atoms with E-state index in [9.17, 15) is 19.8 Å². The monoisotopic (exact) mass is 569 g/mol.